The van der Waals surface area contributed by atoms with Crippen LogP contribution in [0.25, 0.3) is 0 Å². The predicted octanol–water partition coefficient (Wildman–Crippen LogP) is 2.84. The van der Waals surface area contributed by atoms with Crippen molar-refractivity contribution in [3.63, 3.8) is 0 Å². The third-order valence-electron chi connectivity index (χ3n) is 4.18. The van der Waals surface area contributed by atoms with Crippen molar-refractivity contribution >= 4 is 5.97 Å². The first-order valence-electron chi connectivity index (χ1n) is 8.05. The van der Waals surface area contributed by atoms with Gasteiger partial charge in [-0.25, -0.2) is 4.79 Å². The average Bonchev–Trinajstić information content (AvgIpc) is 2.82. The van der Waals surface area contributed by atoms with Crippen LogP contribution in [0.3, 0.4) is 0 Å². The molecule has 0 unspecified atom stereocenters. The van der Waals surface area contributed by atoms with E-state index in [1.807, 2.05) is 30.8 Å². The Bertz CT molecular complexity index is 705. The molecule has 1 aromatic heterocycles. The lowest BCUT2D eigenvalue weighted by atomic mass is 10.0. The molecule has 0 amide bonds. The summed E-state index contributed by atoms with van der Waals surface area (Å²) >= 11 is 0. The van der Waals surface area contributed by atoms with Gasteiger partial charge in [-0.3, -0.25) is 4.68 Å². The highest BCUT2D eigenvalue weighted by Crippen LogP contribution is 2.16. The number of nitrogens with zero attached hydrogens (tertiary/aromatic N) is 2. The van der Waals surface area contributed by atoms with E-state index in [0.29, 0.717) is 12.1 Å². The Morgan fingerprint density at radius 1 is 1.26 bits per heavy atom. The van der Waals surface area contributed by atoms with Crippen molar-refractivity contribution in [3.05, 3.63) is 51.8 Å². The quantitative estimate of drug-likeness (QED) is 0.824. The lowest BCUT2D eigenvalue weighted by Gasteiger charge is -2.09. The van der Waals surface area contributed by atoms with Gasteiger partial charge < -0.3 is 10.4 Å². The Kier molecular flexibility index (Phi) is 5.55. The summed E-state index contributed by atoms with van der Waals surface area (Å²) in [5.41, 5.74) is 5.95. The maximum Gasteiger partial charge on any atom is 0.335 e. The van der Waals surface area contributed by atoms with E-state index in [0.717, 1.165) is 36.2 Å². The number of carboxylic acid groups (broad SMARTS) is 1. The molecule has 0 aliphatic carbocycles. The molecule has 124 valence electrons. The van der Waals surface area contributed by atoms with Crippen LogP contribution in [-0.4, -0.2) is 20.9 Å². The number of aromatic carboxylic acids is 1. The molecule has 5 nitrogen and oxygen atoms in total. The highest BCUT2D eigenvalue weighted by atomic mass is 16.4. The second kappa shape index (κ2) is 7.42. The molecule has 0 aliphatic heterocycles. The van der Waals surface area contributed by atoms with E-state index < -0.39 is 5.97 Å². The highest BCUT2D eigenvalue weighted by molar-refractivity contribution is 5.89. The van der Waals surface area contributed by atoms with Gasteiger partial charge in [-0.1, -0.05) is 26.0 Å². The minimum atomic E-state index is -0.877. The molecule has 0 aliphatic rings. The van der Waals surface area contributed by atoms with Gasteiger partial charge in [0, 0.05) is 31.4 Å². The van der Waals surface area contributed by atoms with E-state index in [4.69, 9.17) is 5.11 Å². The van der Waals surface area contributed by atoms with Crippen molar-refractivity contribution in [2.24, 2.45) is 7.05 Å². The normalized spacial score (nSPS) is 11.0. The standard InChI is InChI=1S/C18H25N3O2/c1-5-16-15(17(6-2)21(4)20-16)11-19-10-13-7-8-14(18(22)23)12(3)9-13/h7-9,19H,5-6,10-11H2,1-4H3,(H,22,23). The number of aromatic nitrogens is 2. The molecule has 2 N–H and O–H groups in total. The minimum absolute atomic E-state index is 0.363. The maximum absolute atomic E-state index is 11.1. The Hall–Kier alpha value is -2.14. The molecule has 5 heteroatoms. The summed E-state index contributed by atoms with van der Waals surface area (Å²) < 4.78 is 1.97. The van der Waals surface area contributed by atoms with Crippen LogP contribution in [0.1, 0.15) is 52.3 Å². The SMILES string of the molecule is CCc1nn(C)c(CC)c1CNCc1ccc(C(=O)O)c(C)c1. The van der Waals surface area contributed by atoms with Gasteiger partial charge in [-0.15, -0.1) is 0 Å². The van der Waals surface area contributed by atoms with E-state index >= 15 is 0 Å². The Morgan fingerprint density at radius 3 is 2.57 bits per heavy atom. The monoisotopic (exact) mass is 315 g/mol. The number of carboxylic acids is 1. The van der Waals surface area contributed by atoms with Crippen LogP contribution in [0.4, 0.5) is 0 Å². The van der Waals surface area contributed by atoms with Crippen LogP contribution in [0, 0.1) is 6.92 Å². The summed E-state index contributed by atoms with van der Waals surface area (Å²) in [6.45, 7) is 7.59. The molecule has 2 aromatic rings. The van der Waals surface area contributed by atoms with Crippen LogP contribution in [-0.2, 0) is 33.0 Å². The number of carbonyl (C=O) groups is 1. The summed E-state index contributed by atoms with van der Waals surface area (Å²) in [6, 6.07) is 5.48. The Morgan fingerprint density at radius 2 is 2.00 bits per heavy atom. The number of hydrogen-bond donors (Lipinski definition) is 2. The number of benzene rings is 1. The zero-order valence-corrected chi connectivity index (χ0v) is 14.3. The lowest BCUT2D eigenvalue weighted by Crippen LogP contribution is -2.15. The fraction of sp³-hybridized carbons (Fsp3) is 0.444. The zero-order chi connectivity index (χ0) is 17.0. The fourth-order valence-electron chi connectivity index (χ4n) is 3.00. The van der Waals surface area contributed by atoms with E-state index in [-0.39, 0.29) is 0 Å². The first kappa shape index (κ1) is 17.2. The van der Waals surface area contributed by atoms with Gasteiger partial charge in [0.05, 0.1) is 11.3 Å². The van der Waals surface area contributed by atoms with Crippen LogP contribution in [0.15, 0.2) is 18.2 Å². The maximum atomic E-state index is 11.1. The van der Waals surface area contributed by atoms with Crippen LogP contribution >= 0.6 is 0 Å². The van der Waals surface area contributed by atoms with E-state index in [1.54, 1.807) is 6.07 Å². The smallest absolute Gasteiger partial charge is 0.335 e. The third-order valence-corrected chi connectivity index (χ3v) is 4.18. The van der Waals surface area contributed by atoms with Gasteiger partial charge in [0.25, 0.3) is 0 Å². The molecule has 1 heterocycles. The van der Waals surface area contributed by atoms with Crippen molar-refractivity contribution in [2.45, 2.75) is 46.7 Å². The van der Waals surface area contributed by atoms with E-state index in [2.05, 4.69) is 24.3 Å². The molecule has 0 radical (unpaired) electrons. The topological polar surface area (TPSA) is 67.2 Å². The molecule has 0 saturated carbocycles. The van der Waals surface area contributed by atoms with E-state index in [1.165, 1.54) is 11.3 Å². The van der Waals surface area contributed by atoms with Gasteiger partial charge in [0.2, 0.25) is 0 Å². The van der Waals surface area contributed by atoms with Crippen LogP contribution in [0.5, 0.6) is 0 Å². The van der Waals surface area contributed by atoms with Crippen molar-refractivity contribution in [2.75, 3.05) is 0 Å². The van der Waals surface area contributed by atoms with Crippen molar-refractivity contribution in [3.8, 4) is 0 Å². The molecule has 23 heavy (non-hydrogen) atoms. The molecule has 0 saturated heterocycles. The van der Waals surface area contributed by atoms with Gasteiger partial charge >= 0.3 is 5.97 Å². The number of hydrogen-bond acceptors (Lipinski definition) is 3. The summed E-state index contributed by atoms with van der Waals surface area (Å²) in [7, 11) is 2.00. The number of nitrogens with one attached hydrogen (secondary N) is 1. The van der Waals surface area contributed by atoms with Crippen molar-refractivity contribution in [1.82, 2.24) is 15.1 Å². The number of rotatable bonds is 7. The molecule has 0 atom stereocenters. The van der Waals surface area contributed by atoms with Gasteiger partial charge in [0.15, 0.2) is 0 Å². The minimum Gasteiger partial charge on any atom is -0.478 e. The molecule has 0 bridgehead atoms. The Labute approximate surface area is 137 Å². The highest BCUT2D eigenvalue weighted by Gasteiger charge is 2.13. The van der Waals surface area contributed by atoms with Crippen molar-refractivity contribution in [1.29, 1.82) is 0 Å². The van der Waals surface area contributed by atoms with Gasteiger partial charge in [-0.2, -0.15) is 5.10 Å². The fourth-order valence-corrected chi connectivity index (χ4v) is 3.00. The average molecular weight is 315 g/mol. The third kappa shape index (κ3) is 3.79. The van der Waals surface area contributed by atoms with Crippen LogP contribution < -0.4 is 5.32 Å². The number of aryl methyl sites for hydroxylation is 3. The van der Waals surface area contributed by atoms with Gasteiger partial charge in [0.1, 0.15) is 0 Å². The second-order valence-electron chi connectivity index (χ2n) is 5.76. The summed E-state index contributed by atoms with van der Waals surface area (Å²) in [4.78, 5) is 11.1. The molecule has 0 fully saturated rings. The van der Waals surface area contributed by atoms with E-state index in [9.17, 15) is 4.79 Å². The zero-order valence-electron chi connectivity index (χ0n) is 14.3. The summed E-state index contributed by atoms with van der Waals surface area (Å²) in [6.07, 6.45) is 1.89. The van der Waals surface area contributed by atoms with Crippen molar-refractivity contribution < 1.29 is 9.90 Å². The summed E-state index contributed by atoms with van der Waals surface area (Å²) in [5, 5.41) is 17.1. The second-order valence-corrected chi connectivity index (χ2v) is 5.76. The Balaban J connectivity index is 2.06. The molecule has 2 rings (SSSR count). The molecular weight excluding hydrogens is 290 g/mol. The molecular formula is C18H25N3O2. The predicted molar refractivity (Wildman–Crippen MR) is 90.6 cm³/mol. The van der Waals surface area contributed by atoms with Crippen LogP contribution in [0.2, 0.25) is 0 Å². The summed E-state index contributed by atoms with van der Waals surface area (Å²) in [5.74, 6) is -0.877. The first-order chi connectivity index (χ1) is 11.0. The first-order valence-corrected chi connectivity index (χ1v) is 8.05. The largest absolute Gasteiger partial charge is 0.478 e. The van der Waals surface area contributed by atoms with Gasteiger partial charge in [-0.05, 0) is 37.0 Å². The molecule has 0 spiro atoms. The molecule has 1 aromatic carbocycles. The lowest BCUT2D eigenvalue weighted by molar-refractivity contribution is 0.0696.